The molecule has 0 saturated carbocycles. The second kappa shape index (κ2) is 8.83. The number of nitrogens with one attached hydrogen (secondary N) is 1. The minimum Gasteiger partial charge on any atom is -0.365 e. The quantitative estimate of drug-likeness (QED) is 0.626. The molecule has 2 heterocycles. The van der Waals surface area contributed by atoms with Crippen molar-refractivity contribution in [1.82, 2.24) is 4.90 Å². The molecule has 7 nitrogen and oxygen atoms in total. The second-order valence-corrected chi connectivity index (χ2v) is 10.7. The standard InChI is InChI=1S/C20H24FN3O4S2/c1-12(2)24-9-7-15-16(11-24)29-20(18(15)19(22)26)23-17(25)8-10-30(27,28)14-5-3-13(21)4-6-14/h3-6,12H,7-11H2,1-2H3,(H2,22,26)(H,23,25). The SMILES string of the molecule is CC(C)N1CCc2c(sc(NC(=O)CCS(=O)(=O)c3ccc(F)cc3)c2C(N)=O)C1. The Labute approximate surface area is 179 Å². The van der Waals surface area contributed by atoms with Gasteiger partial charge in [0.05, 0.1) is 16.2 Å². The summed E-state index contributed by atoms with van der Waals surface area (Å²) in [5.74, 6) is -2.10. The van der Waals surface area contributed by atoms with Crippen LogP contribution in [0.3, 0.4) is 0 Å². The minimum absolute atomic E-state index is 0.0464. The number of carbonyl (C=O) groups is 2. The van der Waals surface area contributed by atoms with Crippen molar-refractivity contribution in [2.45, 2.75) is 44.2 Å². The fourth-order valence-corrected chi connectivity index (χ4v) is 5.92. The van der Waals surface area contributed by atoms with Crippen LogP contribution in [-0.4, -0.2) is 43.5 Å². The van der Waals surface area contributed by atoms with Gasteiger partial charge in [-0.05, 0) is 50.1 Å². The average molecular weight is 454 g/mol. The van der Waals surface area contributed by atoms with Crippen LogP contribution in [0.4, 0.5) is 9.39 Å². The van der Waals surface area contributed by atoms with E-state index in [-0.39, 0.29) is 11.3 Å². The molecule has 3 N–H and O–H groups in total. The highest BCUT2D eigenvalue weighted by atomic mass is 32.2. The Bertz CT molecular complexity index is 1060. The van der Waals surface area contributed by atoms with E-state index in [1.165, 1.54) is 23.5 Å². The first kappa shape index (κ1) is 22.4. The molecule has 1 aliphatic rings. The molecule has 0 bridgehead atoms. The average Bonchev–Trinajstić information content (AvgIpc) is 3.03. The van der Waals surface area contributed by atoms with Gasteiger partial charge >= 0.3 is 0 Å². The first-order valence-electron chi connectivity index (χ1n) is 9.55. The maximum absolute atomic E-state index is 13.0. The van der Waals surface area contributed by atoms with Crippen LogP contribution in [-0.2, 0) is 27.6 Å². The lowest BCUT2D eigenvalue weighted by molar-refractivity contribution is -0.115. The van der Waals surface area contributed by atoms with Gasteiger partial charge in [-0.1, -0.05) is 0 Å². The molecule has 1 aromatic carbocycles. The number of halogens is 1. The molecule has 2 amide bonds. The molecule has 0 aliphatic carbocycles. The van der Waals surface area contributed by atoms with Crippen molar-refractivity contribution in [1.29, 1.82) is 0 Å². The van der Waals surface area contributed by atoms with Gasteiger partial charge in [-0.3, -0.25) is 14.5 Å². The highest BCUT2D eigenvalue weighted by molar-refractivity contribution is 7.91. The summed E-state index contributed by atoms with van der Waals surface area (Å²) in [5.41, 5.74) is 6.73. The van der Waals surface area contributed by atoms with Crippen LogP contribution in [0.15, 0.2) is 29.2 Å². The Morgan fingerprint density at radius 2 is 1.93 bits per heavy atom. The van der Waals surface area contributed by atoms with Gasteiger partial charge in [-0.15, -0.1) is 11.3 Å². The van der Waals surface area contributed by atoms with Gasteiger partial charge < -0.3 is 11.1 Å². The van der Waals surface area contributed by atoms with Crippen LogP contribution < -0.4 is 11.1 Å². The monoisotopic (exact) mass is 453 g/mol. The molecule has 30 heavy (non-hydrogen) atoms. The molecule has 0 atom stereocenters. The fraction of sp³-hybridized carbons (Fsp3) is 0.400. The summed E-state index contributed by atoms with van der Waals surface area (Å²) in [5, 5.41) is 3.03. The lowest BCUT2D eigenvalue weighted by Crippen LogP contribution is -2.35. The number of carbonyl (C=O) groups excluding carboxylic acids is 2. The van der Waals surface area contributed by atoms with E-state index in [2.05, 4.69) is 24.1 Å². The predicted molar refractivity (Wildman–Crippen MR) is 114 cm³/mol. The molecular formula is C20H24FN3O4S2. The van der Waals surface area contributed by atoms with E-state index >= 15 is 0 Å². The van der Waals surface area contributed by atoms with Crippen LogP contribution in [0.2, 0.25) is 0 Å². The summed E-state index contributed by atoms with van der Waals surface area (Å²) in [4.78, 5) is 27.6. The number of sulfone groups is 1. The van der Waals surface area contributed by atoms with Gasteiger partial charge in [0.2, 0.25) is 5.91 Å². The molecule has 0 unspecified atom stereocenters. The third-order valence-electron chi connectivity index (χ3n) is 5.09. The summed E-state index contributed by atoms with van der Waals surface area (Å²) < 4.78 is 37.7. The van der Waals surface area contributed by atoms with Crippen molar-refractivity contribution in [3.05, 3.63) is 46.1 Å². The number of hydrogen-bond donors (Lipinski definition) is 2. The Morgan fingerprint density at radius 3 is 2.53 bits per heavy atom. The largest absolute Gasteiger partial charge is 0.365 e. The third-order valence-corrected chi connectivity index (χ3v) is 7.95. The smallest absolute Gasteiger partial charge is 0.251 e. The Kier molecular flexibility index (Phi) is 6.59. The van der Waals surface area contributed by atoms with Crippen molar-refractivity contribution >= 4 is 38.0 Å². The van der Waals surface area contributed by atoms with E-state index in [9.17, 15) is 22.4 Å². The second-order valence-electron chi connectivity index (χ2n) is 7.46. The van der Waals surface area contributed by atoms with Crippen molar-refractivity contribution in [2.24, 2.45) is 5.73 Å². The number of amides is 2. The fourth-order valence-electron chi connectivity index (χ4n) is 3.39. The van der Waals surface area contributed by atoms with Crippen molar-refractivity contribution in [3.63, 3.8) is 0 Å². The molecule has 10 heteroatoms. The van der Waals surface area contributed by atoms with Gasteiger partial charge in [0.25, 0.3) is 5.91 Å². The van der Waals surface area contributed by atoms with Gasteiger partial charge in [0, 0.05) is 30.4 Å². The maximum Gasteiger partial charge on any atom is 0.251 e. The first-order chi connectivity index (χ1) is 14.1. The molecule has 2 aromatic rings. The number of benzene rings is 1. The summed E-state index contributed by atoms with van der Waals surface area (Å²) >= 11 is 1.31. The van der Waals surface area contributed by atoms with Crippen LogP contribution in [0.25, 0.3) is 0 Å². The Hall–Kier alpha value is -2.30. The number of nitrogens with two attached hydrogens (primary N) is 1. The summed E-state index contributed by atoms with van der Waals surface area (Å²) in [7, 11) is -3.73. The van der Waals surface area contributed by atoms with Crippen molar-refractivity contribution in [3.8, 4) is 0 Å². The predicted octanol–water partition coefficient (Wildman–Crippen LogP) is 2.56. The molecule has 1 aliphatic heterocycles. The van der Waals surface area contributed by atoms with E-state index in [1.54, 1.807) is 0 Å². The Morgan fingerprint density at radius 1 is 1.27 bits per heavy atom. The number of thiophene rings is 1. The van der Waals surface area contributed by atoms with E-state index in [4.69, 9.17) is 5.73 Å². The maximum atomic E-state index is 13.0. The van der Waals surface area contributed by atoms with Gasteiger partial charge in [-0.2, -0.15) is 0 Å². The molecule has 1 aromatic heterocycles. The van der Waals surface area contributed by atoms with Crippen molar-refractivity contribution < 1.29 is 22.4 Å². The highest BCUT2D eigenvalue weighted by Gasteiger charge is 2.28. The van der Waals surface area contributed by atoms with Crippen LogP contribution in [0.1, 0.15) is 41.1 Å². The van der Waals surface area contributed by atoms with E-state index < -0.39 is 33.2 Å². The zero-order valence-electron chi connectivity index (χ0n) is 16.8. The van der Waals surface area contributed by atoms with E-state index in [1.807, 2.05) is 0 Å². The van der Waals surface area contributed by atoms with Gasteiger partial charge in [0.15, 0.2) is 9.84 Å². The normalized spacial score (nSPS) is 14.5. The zero-order valence-corrected chi connectivity index (χ0v) is 18.4. The lowest BCUT2D eigenvalue weighted by atomic mass is 10.0. The van der Waals surface area contributed by atoms with Crippen LogP contribution in [0, 0.1) is 5.82 Å². The van der Waals surface area contributed by atoms with Crippen LogP contribution >= 0.6 is 11.3 Å². The number of primary amides is 1. The van der Waals surface area contributed by atoms with Crippen molar-refractivity contribution in [2.75, 3.05) is 17.6 Å². The molecular weight excluding hydrogens is 429 g/mol. The van der Waals surface area contributed by atoms with Crippen LogP contribution in [0.5, 0.6) is 0 Å². The summed E-state index contributed by atoms with van der Waals surface area (Å²) in [6.07, 6.45) is 0.371. The molecule has 0 saturated heterocycles. The number of fused-ring (bicyclic) bond motifs is 1. The summed E-state index contributed by atoms with van der Waals surface area (Å²) in [6.45, 7) is 5.66. The molecule has 0 fully saturated rings. The molecule has 3 rings (SSSR count). The summed E-state index contributed by atoms with van der Waals surface area (Å²) in [6, 6.07) is 4.81. The minimum atomic E-state index is -3.73. The molecule has 162 valence electrons. The third kappa shape index (κ3) is 4.88. The van der Waals surface area contributed by atoms with Gasteiger partial charge in [-0.25, -0.2) is 12.8 Å². The topological polar surface area (TPSA) is 110 Å². The van der Waals surface area contributed by atoms with Gasteiger partial charge in [0.1, 0.15) is 10.8 Å². The lowest BCUT2D eigenvalue weighted by Gasteiger charge is -2.30. The zero-order chi connectivity index (χ0) is 22.1. The highest BCUT2D eigenvalue weighted by Crippen LogP contribution is 2.37. The number of anilines is 1. The van der Waals surface area contributed by atoms with E-state index in [0.717, 1.165) is 29.1 Å². The number of rotatable bonds is 7. The number of nitrogens with zero attached hydrogens (tertiary/aromatic N) is 1. The molecule has 0 spiro atoms. The van der Waals surface area contributed by atoms with E-state index in [0.29, 0.717) is 29.6 Å². The first-order valence-corrected chi connectivity index (χ1v) is 12.0. The number of hydrogen-bond acceptors (Lipinski definition) is 6. The molecule has 0 radical (unpaired) electrons. The Balaban J connectivity index is 1.72.